The molecule has 0 aliphatic rings. The van der Waals surface area contributed by atoms with E-state index in [1.54, 1.807) is 11.6 Å². The maximum absolute atomic E-state index is 5.60. The monoisotopic (exact) mass is 361 g/mol. The van der Waals surface area contributed by atoms with Crippen LogP contribution in [0.2, 0.25) is 0 Å². The van der Waals surface area contributed by atoms with Gasteiger partial charge in [0.15, 0.2) is 0 Å². The minimum Gasteiger partial charge on any atom is -0.383 e. The number of aromatic nitrogens is 2. The van der Waals surface area contributed by atoms with Crippen LogP contribution in [0.3, 0.4) is 0 Å². The topological polar surface area (TPSA) is 68.2 Å². The molecule has 6 heteroatoms. The Hall–Kier alpha value is -3.12. The van der Waals surface area contributed by atoms with Gasteiger partial charge in [-0.15, -0.1) is 11.3 Å². The molecule has 4 rings (SSSR count). The number of benzene rings is 2. The molecule has 2 heterocycles. The molecule has 5 nitrogen and oxygen atoms in total. The van der Waals surface area contributed by atoms with E-state index in [0.717, 1.165) is 12.1 Å². The molecule has 0 atom stereocenters. The van der Waals surface area contributed by atoms with Crippen molar-refractivity contribution in [2.24, 2.45) is 5.10 Å². The lowest BCUT2D eigenvalue weighted by Gasteiger charge is -2.07. The minimum absolute atomic E-state index is 0.503. The molecule has 0 aliphatic heterocycles. The fraction of sp³-hybridized carbons (Fsp3) is 0.100. The predicted octanol–water partition coefficient (Wildman–Crippen LogP) is 4.48. The minimum atomic E-state index is 0.503. The fourth-order valence-corrected chi connectivity index (χ4v) is 3.36. The van der Waals surface area contributed by atoms with E-state index in [9.17, 15) is 0 Å². The molecule has 0 unspecified atom stereocenters. The van der Waals surface area contributed by atoms with Crippen molar-refractivity contribution >= 4 is 39.4 Å². The van der Waals surface area contributed by atoms with Gasteiger partial charge in [-0.1, -0.05) is 42.0 Å². The van der Waals surface area contributed by atoms with Crippen molar-refractivity contribution in [2.45, 2.75) is 13.5 Å². The zero-order valence-electron chi connectivity index (χ0n) is 14.4. The first-order valence-corrected chi connectivity index (χ1v) is 9.20. The average Bonchev–Trinajstić information content (AvgIpc) is 3.23. The summed E-state index contributed by atoms with van der Waals surface area (Å²) in [5, 5.41) is 7.93. The molecule has 0 saturated carbocycles. The number of fused-ring (bicyclic) bond motifs is 1. The van der Waals surface area contributed by atoms with Gasteiger partial charge in [-0.2, -0.15) is 5.10 Å². The van der Waals surface area contributed by atoms with Crippen molar-refractivity contribution in [3.63, 3.8) is 0 Å². The van der Waals surface area contributed by atoms with Gasteiger partial charge in [-0.3, -0.25) is 5.43 Å². The molecule has 4 aromatic rings. The van der Waals surface area contributed by atoms with Crippen LogP contribution in [0, 0.1) is 6.92 Å². The Morgan fingerprint density at radius 3 is 2.81 bits per heavy atom. The van der Waals surface area contributed by atoms with Crippen LogP contribution in [-0.4, -0.2) is 15.8 Å². The van der Waals surface area contributed by atoms with Gasteiger partial charge in [0.2, 0.25) is 5.13 Å². The Labute approximate surface area is 155 Å². The summed E-state index contributed by atoms with van der Waals surface area (Å²) in [6.07, 6.45) is 3.92. The molecule has 0 fully saturated rings. The number of nitrogens with two attached hydrogens (primary N) is 1. The zero-order chi connectivity index (χ0) is 17.9. The van der Waals surface area contributed by atoms with Crippen molar-refractivity contribution in [1.82, 2.24) is 9.55 Å². The highest BCUT2D eigenvalue weighted by Crippen LogP contribution is 2.19. The van der Waals surface area contributed by atoms with E-state index in [4.69, 9.17) is 5.73 Å². The lowest BCUT2D eigenvalue weighted by atomic mass is 10.1. The van der Waals surface area contributed by atoms with E-state index in [0.29, 0.717) is 10.9 Å². The molecule has 2 aromatic heterocycles. The number of aryl methyl sites for hydroxylation is 1. The van der Waals surface area contributed by atoms with Crippen LogP contribution in [0.5, 0.6) is 0 Å². The van der Waals surface area contributed by atoms with E-state index in [1.807, 2.05) is 0 Å². The second kappa shape index (κ2) is 7.01. The summed E-state index contributed by atoms with van der Waals surface area (Å²) in [5.41, 5.74) is 13.3. The van der Waals surface area contributed by atoms with Gasteiger partial charge >= 0.3 is 0 Å². The van der Waals surface area contributed by atoms with Gasteiger partial charge in [0.25, 0.3) is 0 Å². The molecule has 0 spiro atoms. The van der Waals surface area contributed by atoms with Crippen molar-refractivity contribution in [3.8, 4) is 0 Å². The number of hydrogen-bond donors (Lipinski definition) is 2. The van der Waals surface area contributed by atoms with Crippen LogP contribution in [0.1, 0.15) is 16.7 Å². The predicted molar refractivity (Wildman–Crippen MR) is 110 cm³/mol. The summed E-state index contributed by atoms with van der Waals surface area (Å²) in [5.74, 6) is 0.503. The lowest BCUT2D eigenvalue weighted by Crippen LogP contribution is -1.98. The van der Waals surface area contributed by atoms with E-state index in [1.165, 1.54) is 33.4 Å². The third kappa shape index (κ3) is 3.60. The molecule has 2 aromatic carbocycles. The summed E-state index contributed by atoms with van der Waals surface area (Å²) >= 11 is 1.43. The normalized spacial score (nSPS) is 11.4. The highest BCUT2D eigenvalue weighted by Gasteiger charge is 2.03. The van der Waals surface area contributed by atoms with E-state index < -0.39 is 0 Å². The number of nitrogen functional groups attached to an aromatic ring is 1. The first-order valence-electron chi connectivity index (χ1n) is 8.32. The summed E-state index contributed by atoms with van der Waals surface area (Å²) in [6.45, 7) is 2.95. The number of hydrazone groups is 1. The summed E-state index contributed by atoms with van der Waals surface area (Å²) in [6, 6.07) is 17.1. The summed E-state index contributed by atoms with van der Waals surface area (Å²) < 4.78 is 2.26. The SMILES string of the molecule is Cc1ccc(Cn2ccc3ccc(C=NNc4nc(N)cs4)cc32)cc1. The first kappa shape index (κ1) is 16.4. The number of nitrogens with one attached hydrogen (secondary N) is 1. The lowest BCUT2D eigenvalue weighted by molar-refractivity contribution is 0.836. The molecule has 0 bridgehead atoms. The van der Waals surface area contributed by atoms with Crippen molar-refractivity contribution in [1.29, 1.82) is 0 Å². The zero-order valence-corrected chi connectivity index (χ0v) is 15.2. The highest BCUT2D eigenvalue weighted by atomic mass is 32.1. The fourth-order valence-electron chi connectivity index (χ4n) is 2.81. The van der Waals surface area contributed by atoms with Gasteiger partial charge in [0, 0.05) is 23.6 Å². The van der Waals surface area contributed by atoms with E-state index in [-0.39, 0.29) is 0 Å². The third-order valence-electron chi connectivity index (χ3n) is 4.17. The van der Waals surface area contributed by atoms with Crippen LogP contribution in [0.15, 0.2) is 65.2 Å². The average molecular weight is 361 g/mol. The van der Waals surface area contributed by atoms with Crippen LogP contribution in [-0.2, 0) is 6.54 Å². The van der Waals surface area contributed by atoms with Crippen molar-refractivity contribution < 1.29 is 0 Å². The standard InChI is InChI=1S/C20H19N5S/c1-14-2-4-15(5-3-14)12-25-9-8-17-7-6-16(10-18(17)25)11-22-24-20-23-19(21)13-26-20/h2-11,13H,12,21H2,1H3,(H,23,24). The Morgan fingerprint density at radius 1 is 1.19 bits per heavy atom. The molecule has 130 valence electrons. The Bertz CT molecular complexity index is 1060. The number of hydrogen-bond acceptors (Lipinski definition) is 5. The maximum atomic E-state index is 5.60. The number of nitrogens with zero attached hydrogens (tertiary/aromatic N) is 3. The Morgan fingerprint density at radius 2 is 2.04 bits per heavy atom. The summed E-state index contributed by atoms with van der Waals surface area (Å²) in [4.78, 5) is 4.12. The van der Waals surface area contributed by atoms with Crippen molar-refractivity contribution in [2.75, 3.05) is 11.2 Å². The van der Waals surface area contributed by atoms with Crippen LogP contribution in [0.4, 0.5) is 10.9 Å². The third-order valence-corrected chi connectivity index (χ3v) is 4.93. The van der Waals surface area contributed by atoms with Gasteiger partial charge in [-0.25, -0.2) is 4.98 Å². The first-order chi connectivity index (χ1) is 12.7. The van der Waals surface area contributed by atoms with Gasteiger partial charge < -0.3 is 10.3 Å². The van der Waals surface area contributed by atoms with Gasteiger partial charge in [-0.05, 0) is 35.6 Å². The molecular weight excluding hydrogens is 342 g/mol. The molecule has 0 aliphatic carbocycles. The number of rotatable bonds is 5. The molecule has 0 saturated heterocycles. The largest absolute Gasteiger partial charge is 0.383 e. The molecule has 0 radical (unpaired) electrons. The molecule has 3 N–H and O–H groups in total. The second-order valence-corrected chi connectivity index (χ2v) is 7.05. The van der Waals surface area contributed by atoms with Crippen LogP contribution in [0.25, 0.3) is 10.9 Å². The second-order valence-electron chi connectivity index (χ2n) is 6.20. The quantitative estimate of drug-likeness (QED) is 0.407. The Kier molecular flexibility index (Phi) is 4.41. The molecule has 0 amide bonds. The number of anilines is 2. The van der Waals surface area contributed by atoms with Crippen LogP contribution < -0.4 is 11.2 Å². The smallest absolute Gasteiger partial charge is 0.205 e. The number of thiazole rings is 1. The van der Waals surface area contributed by atoms with E-state index >= 15 is 0 Å². The van der Waals surface area contributed by atoms with Gasteiger partial charge in [0.05, 0.1) is 6.21 Å². The molecular formula is C20H19N5S. The highest BCUT2D eigenvalue weighted by molar-refractivity contribution is 7.14. The van der Waals surface area contributed by atoms with Crippen molar-refractivity contribution in [3.05, 3.63) is 76.8 Å². The van der Waals surface area contributed by atoms with Gasteiger partial charge in [0.1, 0.15) is 5.82 Å². The maximum Gasteiger partial charge on any atom is 0.205 e. The molecule has 26 heavy (non-hydrogen) atoms. The Balaban J connectivity index is 1.54. The summed E-state index contributed by atoms with van der Waals surface area (Å²) in [7, 11) is 0. The van der Waals surface area contributed by atoms with E-state index in [2.05, 4.69) is 81.7 Å². The van der Waals surface area contributed by atoms with Crippen LogP contribution >= 0.6 is 11.3 Å².